The molecular weight excluding hydrogens is 564 g/mol. The first-order valence-corrected chi connectivity index (χ1v) is 13.5. The van der Waals surface area contributed by atoms with Crippen LogP contribution >= 0.6 is 34.8 Å². The number of aromatic carboxylic acids is 1. The molecule has 0 spiro atoms. The molecule has 0 saturated heterocycles. The van der Waals surface area contributed by atoms with Crippen LogP contribution in [0.15, 0.2) is 48.5 Å². The molecule has 0 radical (unpaired) electrons. The van der Waals surface area contributed by atoms with Crippen LogP contribution in [-0.4, -0.2) is 41.1 Å². The fourth-order valence-electron chi connectivity index (χ4n) is 5.07. The van der Waals surface area contributed by atoms with E-state index in [1.807, 2.05) is 12.1 Å². The maximum Gasteiger partial charge on any atom is 0.335 e. The lowest BCUT2D eigenvalue weighted by molar-refractivity contribution is 0.0697. The normalized spacial score (nSPS) is 15.7. The number of benzene rings is 3. The lowest BCUT2D eigenvalue weighted by atomic mass is 9.89. The van der Waals surface area contributed by atoms with E-state index in [0.29, 0.717) is 17.3 Å². The number of hydrogen-bond acceptors (Lipinski definition) is 3. The van der Waals surface area contributed by atoms with Gasteiger partial charge in [0.25, 0.3) is 0 Å². The lowest BCUT2D eigenvalue weighted by Gasteiger charge is -2.34. The van der Waals surface area contributed by atoms with Crippen LogP contribution in [0.4, 0.5) is 20.6 Å². The number of nitrogens with one attached hydrogen (secondary N) is 1. The number of urea groups is 1. The molecule has 0 bridgehead atoms. The van der Waals surface area contributed by atoms with Crippen LogP contribution in [0.5, 0.6) is 0 Å². The molecule has 3 aromatic carbocycles. The van der Waals surface area contributed by atoms with E-state index in [9.17, 15) is 19.1 Å². The summed E-state index contributed by atoms with van der Waals surface area (Å²) in [7, 11) is 0. The molecule has 0 aliphatic carbocycles. The Morgan fingerprint density at radius 2 is 1.74 bits per heavy atom. The predicted molar refractivity (Wildman–Crippen MR) is 154 cm³/mol. The van der Waals surface area contributed by atoms with Gasteiger partial charge in [-0.2, -0.15) is 0 Å². The molecule has 0 aromatic heterocycles. The fourth-order valence-corrected chi connectivity index (χ4v) is 5.99. The number of anilines is 2. The van der Waals surface area contributed by atoms with Crippen LogP contribution in [0.1, 0.15) is 41.8 Å². The molecule has 2 N–H and O–H groups in total. The number of nitrogens with zero attached hydrogens (tertiary/aromatic N) is 2. The van der Waals surface area contributed by atoms with Gasteiger partial charge in [-0.05, 0) is 79.4 Å². The third-order valence-electron chi connectivity index (χ3n) is 7.14. The Kier molecular flexibility index (Phi) is 7.62. The second-order valence-corrected chi connectivity index (χ2v) is 11.0. The van der Waals surface area contributed by atoms with E-state index in [0.717, 1.165) is 41.8 Å². The summed E-state index contributed by atoms with van der Waals surface area (Å²) in [5, 5.41) is 12.5. The van der Waals surface area contributed by atoms with Gasteiger partial charge in [0, 0.05) is 36.8 Å². The molecule has 0 saturated carbocycles. The largest absolute Gasteiger partial charge is 0.478 e. The molecule has 6 nitrogen and oxygen atoms in total. The quantitative estimate of drug-likeness (QED) is 0.317. The van der Waals surface area contributed by atoms with Gasteiger partial charge in [-0.15, -0.1) is 0 Å². The van der Waals surface area contributed by atoms with Crippen molar-refractivity contribution in [1.82, 2.24) is 10.2 Å². The second kappa shape index (κ2) is 10.8. The summed E-state index contributed by atoms with van der Waals surface area (Å²) in [6.07, 6.45) is 2.98. The topological polar surface area (TPSA) is 72.9 Å². The van der Waals surface area contributed by atoms with Gasteiger partial charge in [-0.25, -0.2) is 14.0 Å². The van der Waals surface area contributed by atoms with Crippen LogP contribution in [-0.2, 0) is 6.54 Å². The number of carboxylic acid groups (broad SMARTS) is 1. The standard InChI is InChI=1S/C29H25Cl3FN3O3/c1-15(2)35-7-5-16(6-8-35)17-9-21(20-4-3-19(33)13-23(20)30)22-14-34-29(39)36(26(22)12-17)27-24(31)10-18(28(37)38)11-25(27)32/h3-5,9-13,15H,6-8,14H2,1-2H3,(H,34,39)(H,37,38). The molecule has 0 fully saturated rings. The van der Waals surface area contributed by atoms with Crippen molar-refractivity contribution in [2.24, 2.45) is 0 Å². The molecule has 3 aromatic rings. The summed E-state index contributed by atoms with van der Waals surface area (Å²) in [5.41, 5.74) is 4.69. The fraction of sp³-hybridized carbons (Fsp3) is 0.241. The van der Waals surface area contributed by atoms with Gasteiger partial charge >= 0.3 is 12.0 Å². The number of rotatable bonds is 5. The molecule has 2 aliphatic rings. The number of carbonyl (C=O) groups is 2. The van der Waals surface area contributed by atoms with Gasteiger partial charge in [0.1, 0.15) is 5.82 Å². The molecule has 10 heteroatoms. The van der Waals surface area contributed by atoms with Gasteiger partial charge < -0.3 is 10.4 Å². The minimum atomic E-state index is -1.19. The van der Waals surface area contributed by atoms with E-state index in [-0.39, 0.29) is 32.9 Å². The van der Waals surface area contributed by atoms with Gasteiger partial charge in [0.2, 0.25) is 0 Å². The zero-order valence-corrected chi connectivity index (χ0v) is 23.5. The average Bonchev–Trinajstić information content (AvgIpc) is 2.89. The summed E-state index contributed by atoms with van der Waals surface area (Å²) in [6, 6.07) is 10.6. The second-order valence-electron chi connectivity index (χ2n) is 9.80. The number of carbonyl (C=O) groups excluding carboxylic acids is 1. The Bertz CT molecular complexity index is 1520. The first kappa shape index (κ1) is 27.5. The Hall–Kier alpha value is -3.10. The monoisotopic (exact) mass is 587 g/mol. The highest BCUT2D eigenvalue weighted by molar-refractivity contribution is 6.41. The Balaban J connectivity index is 1.74. The third kappa shape index (κ3) is 5.24. The van der Waals surface area contributed by atoms with Crippen molar-refractivity contribution in [3.63, 3.8) is 0 Å². The Labute approximate surface area is 240 Å². The minimum absolute atomic E-state index is 0.0131. The number of carboxylic acids is 1. The van der Waals surface area contributed by atoms with Crippen molar-refractivity contribution in [3.05, 3.63) is 86.1 Å². The average molecular weight is 589 g/mol. The number of hydrogen-bond donors (Lipinski definition) is 2. The first-order chi connectivity index (χ1) is 18.5. The molecule has 2 aliphatic heterocycles. The number of amides is 2. The molecule has 5 rings (SSSR count). The highest BCUT2D eigenvalue weighted by atomic mass is 35.5. The summed E-state index contributed by atoms with van der Waals surface area (Å²) in [6.45, 7) is 6.18. The molecule has 2 amide bonds. The lowest BCUT2D eigenvalue weighted by Crippen LogP contribution is -2.42. The van der Waals surface area contributed by atoms with Crippen molar-refractivity contribution in [2.45, 2.75) is 32.9 Å². The zero-order chi connectivity index (χ0) is 28.0. The minimum Gasteiger partial charge on any atom is -0.478 e. The van der Waals surface area contributed by atoms with Crippen LogP contribution in [0.3, 0.4) is 0 Å². The van der Waals surface area contributed by atoms with E-state index in [1.165, 1.54) is 29.2 Å². The first-order valence-electron chi connectivity index (χ1n) is 12.4. The van der Waals surface area contributed by atoms with Gasteiger partial charge in [-0.1, -0.05) is 40.9 Å². The smallest absolute Gasteiger partial charge is 0.335 e. The van der Waals surface area contributed by atoms with Crippen molar-refractivity contribution in [3.8, 4) is 11.1 Å². The van der Waals surface area contributed by atoms with E-state index in [2.05, 4.69) is 30.1 Å². The molecule has 0 unspecified atom stereocenters. The van der Waals surface area contributed by atoms with Gasteiger partial charge in [0.05, 0.1) is 32.0 Å². The summed E-state index contributed by atoms with van der Waals surface area (Å²) >= 11 is 19.6. The van der Waals surface area contributed by atoms with Gasteiger partial charge in [-0.3, -0.25) is 9.80 Å². The molecule has 2 heterocycles. The van der Waals surface area contributed by atoms with Crippen LogP contribution in [0.25, 0.3) is 16.7 Å². The summed E-state index contributed by atoms with van der Waals surface area (Å²) in [4.78, 5) is 28.6. The van der Waals surface area contributed by atoms with E-state index in [1.54, 1.807) is 6.07 Å². The maximum atomic E-state index is 14.0. The Morgan fingerprint density at radius 3 is 2.33 bits per heavy atom. The summed E-state index contributed by atoms with van der Waals surface area (Å²) < 4.78 is 14.0. The highest BCUT2D eigenvalue weighted by Crippen LogP contribution is 2.46. The maximum absolute atomic E-state index is 14.0. The Morgan fingerprint density at radius 1 is 1.03 bits per heavy atom. The number of halogens is 4. The number of fused-ring (bicyclic) bond motifs is 1. The SMILES string of the molecule is CC(C)N1CC=C(c2cc(-c3ccc(F)cc3Cl)c3c(c2)N(c2c(Cl)cc(C(=O)O)cc2Cl)C(=O)NC3)CC1. The van der Waals surface area contributed by atoms with Crippen molar-refractivity contribution in [2.75, 3.05) is 18.0 Å². The predicted octanol–water partition coefficient (Wildman–Crippen LogP) is 8.01. The summed E-state index contributed by atoms with van der Waals surface area (Å²) in [5.74, 6) is -1.64. The van der Waals surface area contributed by atoms with Crippen molar-refractivity contribution < 1.29 is 19.1 Å². The molecule has 0 atom stereocenters. The highest BCUT2D eigenvalue weighted by Gasteiger charge is 2.32. The zero-order valence-electron chi connectivity index (χ0n) is 21.2. The molecular formula is C29H25Cl3FN3O3. The molecule has 202 valence electrons. The van der Waals surface area contributed by atoms with Crippen molar-refractivity contribution in [1.29, 1.82) is 0 Å². The van der Waals surface area contributed by atoms with E-state index >= 15 is 0 Å². The third-order valence-corrected chi connectivity index (χ3v) is 8.03. The van der Waals surface area contributed by atoms with Crippen LogP contribution < -0.4 is 10.2 Å². The van der Waals surface area contributed by atoms with Crippen LogP contribution in [0, 0.1) is 5.82 Å². The molecule has 39 heavy (non-hydrogen) atoms. The van der Waals surface area contributed by atoms with E-state index in [4.69, 9.17) is 34.8 Å². The van der Waals surface area contributed by atoms with Gasteiger partial charge in [0.15, 0.2) is 0 Å². The van der Waals surface area contributed by atoms with Crippen LogP contribution in [0.2, 0.25) is 15.1 Å². The van der Waals surface area contributed by atoms with Crippen molar-refractivity contribution >= 4 is 63.8 Å². The van der Waals surface area contributed by atoms with E-state index < -0.39 is 17.8 Å².